The van der Waals surface area contributed by atoms with E-state index in [4.69, 9.17) is 15.0 Å². The normalized spacial score (nSPS) is 21.4. The molecule has 1 saturated heterocycles. The van der Waals surface area contributed by atoms with Crippen LogP contribution in [0.3, 0.4) is 0 Å². The lowest BCUT2D eigenvalue weighted by atomic mass is 9.79. The summed E-state index contributed by atoms with van der Waals surface area (Å²) in [6, 6.07) is 8.56. The van der Waals surface area contributed by atoms with Crippen LogP contribution in [0.5, 0.6) is 11.5 Å². The third-order valence-electron chi connectivity index (χ3n) is 9.96. The molecule has 0 aromatic heterocycles. The van der Waals surface area contributed by atoms with Crippen molar-refractivity contribution >= 4 is 18.4 Å². The van der Waals surface area contributed by atoms with Crippen LogP contribution in [-0.2, 0) is 22.8 Å². The number of guanidine groups is 1. The van der Waals surface area contributed by atoms with Crippen LogP contribution in [0.1, 0.15) is 134 Å². The largest absolute Gasteiger partial charge is 0.507 e. The number of benzene rings is 2. The monoisotopic (exact) mass is 641 g/mol. The summed E-state index contributed by atoms with van der Waals surface area (Å²) in [5.74, 6) is 1.76. The zero-order valence-electron chi connectivity index (χ0n) is 30.5. The third-order valence-corrected chi connectivity index (χ3v) is 9.96. The molecule has 7 nitrogen and oxygen atoms in total. The van der Waals surface area contributed by atoms with Gasteiger partial charge in [0.25, 0.3) is 0 Å². The molecule has 2 aliphatic heterocycles. The first-order valence-corrected chi connectivity index (χ1v) is 17.9. The van der Waals surface area contributed by atoms with E-state index >= 15 is 0 Å². The van der Waals surface area contributed by atoms with Crippen LogP contribution in [0.25, 0.3) is 0 Å². The lowest BCUT2D eigenvalue weighted by Crippen LogP contribution is -2.51. The molecule has 2 aromatic carbocycles. The van der Waals surface area contributed by atoms with Crippen molar-refractivity contribution in [3.05, 3.63) is 57.6 Å². The molecule has 2 atom stereocenters. The van der Waals surface area contributed by atoms with Crippen LogP contribution in [0.4, 0.5) is 0 Å². The molecular formula is C40H59N5O2. The minimum Gasteiger partial charge on any atom is -0.507 e. The second kappa shape index (κ2) is 13.6. The van der Waals surface area contributed by atoms with Crippen molar-refractivity contribution in [1.82, 2.24) is 9.80 Å². The molecule has 2 N–H and O–H groups in total. The highest BCUT2D eigenvalue weighted by atomic mass is 16.3. The number of hydrogen-bond donors (Lipinski definition) is 2. The van der Waals surface area contributed by atoms with E-state index in [1.165, 1.54) is 11.1 Å². The maximum absolute atomic E-state index is 11.5. The highest BCUT2D eigenvalue weighted by molar-refractivity contribution is 5.86. The maximum Gasteiger partial charge on any atom is 0.196 e. The van der Waals surface area contributed by atoms with Crippen molar-refractivity contribution in [3.8, 4) is 11.5 Å². The van der Waals surface area contributed by atoms with Crippen LogP contribution in [0.15, 0.2) is 39.2 Å². The van der Waals surface area contributed by atoms with Gasteiger partial charge in [-0.1, -0.05) is 81.2 Å². The molecule has 0 unspecified atom stereocenters. The van der Waals surface area contributed by atoms with Gasteiger partial charge in [-0.15, -0.1) is 0 Å². The fourth-order valence-electron chi connectivity index (χ4n) is 7.11. The molecule has 256 valence electrons. The topological polar surface area (TPSA) is 84.0 Å². The van der Waals surface area contributed by atoms with Gasteiger partial charge in [-0.2, -0.15) is 0 Å². The number of nitrogens with zero attached hydrogens (tertiary/aromatic N) is 5. The maximum atomic E-state index is 11.5. The van der Waals surface area contributed by atoms with Crippen LogP contribution in [0.2, 0.25) is 0 Å². The second-order valence-electron chi connectivity index (χ2n) is 17.1. The van der Waals surface area contributed by atoms with Crippen LogP contribution < -0.4 is 0 Å². The number of aromatic hydroxyl groups is 2. The number of hydrogen-bond acceptors (Lipinski definition) is 7. The van der Waals surface area contributed by atoms with Gasteiger partial charge in [-0.05, 0) is 71.3 Å². The SMILES string of the molecule is CC(C)(C)c1cc(C=N[C@@H]2CCCC[C@H]2N=Cc2cc(CN3CCCN4CCCN=C43)cc(C(C)(C)C)c2O)c(O)c(C(C)(C)C)c1. The molecule has 2 fully saturated rings. The quantitative estimate of drug-likeness (QED) is 0.312. The van der Waals surface area contributed by atoms with E-state index in [0.29, 0.717) is 11.5 Å². The number of phenols is 2. The minimum absolute atomic E-state index is 0.0171. The van der Waals surface area contributed by atoms with Crippen LogP contribution >= 0.6 is 0 Å². The molecule has 7 heteroatoms. The molecular weight excluding hydrogens is 582 g/mol. The van der Waals surface area contributed by atoms with Gasteiger partial charge in [0.2, 0.25) is 0 Å². The number of fused-ring (bicyclic) bond motifs is 1. The summed E-state index contributed by atoms with van der Waals surface area (Å²) in [6.07, 6.45) is 10.2. The van der Waals surface area contributed by atoms with Gasteiger partial charge < -0.3 is 20.0 Å². The molecule has 0 radical (unpaired) electrons. The third kappa shape index (κ3) is 8.21. The highest BCUT2D eigenvalue weighted by Gasteiger charge is 2.29. The number of phenolic OH excluding ortho intramolecular Hbond substituents is 2. The summed E-state index contributed by atoms with van der Waals surface area (Å²) in [7, 11) is 0. The molecule has 0 spiro atoms. The molecule has 5 rings (SSSR count). The average molecular weight is 642 g/mol. The van der Waals surface area contributed by atoms with Gasteiger partial charge in [0.15, 0.2) is 5.96 Å². The Labute approximate surface area is 283 Å². The standard InChI is InChI=1S/C40H59N5O2/c1-38(2,3)30-22-29(36(47)32(23-30)40(7,8)9)25-43-34-15-11-10-14-33(34)42-24-28-20-27(21-31(35(28)46)39(4,5)6)26-45-19-13-18-44-17-12-16-41-37(44)45/h20-25,33-34,46-47H,10-19,26H2,1-9H3/t33-,34-/m1/s1. The molecule has 0 amide bonds. The van der Waals surface area contributed by atoms with Crippen molar-refractivity contribution in [2.75, 3.05) is 26.2 Å². The first-order valence-electron chi connectivity index (χ1n) is 17.9. The number of aliphatic imine (C=N–C) groups is 3. The van der Waals surface area contributed by atoms with Crippen LogP contribution in [0, 0.1) is 0 Å². The Hall–Kier alpha value is -3.35. The summed E-state index contributed by atoms with van der Waals surface area (Å²) in [5, 5.41) is 22.8. The molecule has 1 saturated carbocycles. The summed E-state index contributed by atoms with van der Waals surface area (Å²) >= 11 is 0. The Morgan fingerprint density at radius 2 is 1.26 bits per heavy atom. The predicted octanol–water partition coefficient (Wildman–Crippen LogP) is 8.11. The average Bonchev–Trinajstić information content (AvgIpc) is 2.99. The second-order valence-corrected chi connectivity index (χ2v) is 17.1. The Kier molecular flexibility index (Phi) is 10.1. The summed E-state index contributed by atoms with van der Waals surface area (Å²) in [6.45, 7) is 24.3. The zero-order valence-corrected chi connectivity index (χ0v) is 30.5. The van der Waals surface area contributed by atoms with Crippen molar-refractivity contribution in [3.63, 3.8) is 0 Å². The van der Waals surface area contributed by atoms with E-state index in [1.54, 1.807) is 0 Å². The van der Waals surface area contributed by atoms with Gasteiger partial charge >= 0.3 is 0 Å². The van der Waals surface area contributed by atoms with Crippen LogP contribution in [-0.4, -0.2) is 76.7 Å². The van der Waals surface area contributed by atoms with Gasteiger partial charge in [0.05, 0.1) is 12.1 Å². The zero-order chi connectivity index (χ0) is 34.1. The molecule has 0 bridgehead atoms. The number of rotatable bonds is 6. The first-order chi connectivity index (χ1) is 22.0. The lowest BCUT2D eigenvalue weighted by Gasteiger charge is -2.41. The highest BCUT2D eigenvalue weighted by Crippen LogP contribution is 2.38. The Morgan fingerprint density at radius 3 is 1.83 bits per heavy atom. The van der Waals surface area contributed by atoms with E-state index < -0.39 is 0 Å². The Bertz CT molecular complexity index is 1520. The lowest BCUT2D eigenvalue weighted by molar-refractivity contribution is 0.239. The van der Waals surface area contributed by atoms with E-state index in [2.05, 4.69) is 96.4 Å². The van der Waals surface area contributed by atoms with E-state index in [1.807, 2.05) is 12.4 Å². The van der Waals surface area contributed by atoms with Crippen molar-refractivity contribution in [2.45, 2.75) is 136 Å². The molecule has 47 heavy (non-hydrogen) atoms. The van der Waals surface area contributed by atoms with E-state index in [-0.39, 0.29) is 28.3 Å². The summed E-state index contributed by atoms with van der Waals surface area (Å²) < 4.78 is 0. The minimum atomic E-state index is -0.216. The van der Waals surface area contributed by atoms with E-state index in [0.717, 1.165) is 99.5 Å². The van der Waals surface area contributed by atoms with E-state index in [9.17, 15) is 10.2 Å². The first kappa shape index (κ1) is 35.0. The van der Waals surface area contributed by atoms with Gasteiger partial charge in [0.1, 0.15) is 11.5 Å². The van der Waals surface area contributed by atoms with Crippen molar-refractivity contribution in [2.24, 2.45) is 15.0 Å². The van der Waals surface area contributed by atoms with Crippen molar-refractivity contribution in [1.29, 1.82) is 0 Å². The van der Waals surface area contributed by atoms with Gasteiger partial charge in [-0.25, -0.2) is 0 Å². The molecule has 2 aromatic rings. The molecule has 1 aliphatic carbocycles. The van der Waals surface area contributed by atoms with Gasteiger partial charge in [-0.3, -0.25) is 15.0 Å². The smallest absolute Gasteiger partial charge is 0.196 e. The Morgan fingerprint density at radius 1 is 0.702 bits per heavy atom. The fraction of sp³-hybridized carbons (Fsp3) is 0.625. The summed E-state index contributed by atoms with van der Waals surface area (Å²) in [5.41, 5.74) is 5.34. The summed E-state index contributed by atoms with van der Waals surface area (Å²) in [4.78, 5) is 19.9. The molecule has 3 aliphatic rings. The van der Waals surface area contributed by atoms with Crippen molar-refractivity contribution < 1.29 is 10.2 Å². The molecule has 2 heterocycles. The predicted molar refractivity (Wildman–Crippen MR) is 197 cm³/mol. The fourth-order valence-corrected chi connectivity index (χ4v) is 7.11. The Balaban J connectivity index is 1.43. The van der Waals surface area contributed by atoms with Gasteiger partial charge in [0, 0.05) is 67.4 Å².